The number of fused-ring (bicyclic) bond motifs is 1. The van der Waals surface area contributed by atoms with E-state index in [1.807, 2.05) is 24.0 Å². The summed E-state index contributed by atoms with van der Waals surface area (Å²) in [6, 6.07) is 7.02. The van der Waals surface area contributed by atoms with Crippen molar-refractivity contribution in [2.75, 3.05) is 44.3 Å². The fourth-order valence-electron chi connectivity index (χ4n) is 4.19. The molecule has 2 aromatic rings. The maximum absolute atomic E-state index is 12.9. The highest BCUT2D eigenvalue weighted by molar-refractivity contribution is 5.97. The number of amides is 1. The lowest BCUT2D eigenvalue weighted by molar-refractivity contribution is -0.383. The highest BCUT2D eigenvalue weighted by Gasteiger charge is 2.31. The van der Waals surface area contributed by atoms with Gasteiger partial charge in [-0.1, -0.05) is 12.1 Å². The van der Waals surface area contributed by atoms with Crippen LogP contribution in [-0.2, 0) is 9.53 Å². The van der Waals surface area contributed by atoms with Crippen LogP contribution in [-0.4, -0.2) is 60.1 Å². The zero-order valence-electron chi connectivity index (χ0n) is 16.0. The standard InChI is InChI=1S/C20H24N4O4/c1-14-12-18(16-5-2-6-17(24(26)27)19(16)21-14)23-7-3-4-15(13-23)20(25)22-8-10-28-11-9-22/h2,5-6,12,15H,3-4,7-11,13H2,1H3. The van der Waals surface area contributed by atoms with Gasteiger partial charge in [0.1, 0.15) is 0 Å². The average Bonchev–Trinajstić information content (AvgIpc) is 2.72. The van der Waals surface area contributed by atoms with E-state index in [-0.39, 0.29) is 22.4 Å². The molecule has 0 radical (unpaired) electrons. The number of benzene rings is 1. The number of non-ortho nitro benzene ring substituents is 1. The highest BCUT2D eigenvalue weighted by atomic mass is 16.6. The molecule has 4 rings (SSSR count). The second-order valence-electron chi connectivity index (χ2n) is 7.44. The minimum Gasteiger partial charge on any atom is -0.378 e. The second kappa shape index (κ2) is 7.71. The normalized spacial score (nSPS) is 20.4. The molecule has 2 aliphatic rings. The van der Waals surface area contributed by atoms with Crippen LogP contribution < -0.4 is 4.90 Å². The molecule has 0 N–H and O–H groups in total. The number of carbonyl (C=O) groups excluding carboxylic acids is 1. The number of pyridine rings is 1. The largest absolute Gasteiger partial charge is 0.378 e. The van der Waals surface area contributed by atoms with Crippen molar-refractivity contribution in [2.45, 2.75) is 19.8 Å². The summed E-state index contributed by atoms with van der Waals surface area (Å²) < 4.78 is 5.35. The number of carbonyl (C=O) groups is 1. The summed E-state index contributed by atoms with van der Waals surface area (Å²) in [5.41, 5.74) is 2.08. The third kappa shape index (κ3) is 3.52. The smallest absolute Gasteiger partial charge is 0.295 e. The molecule has 8 heteroatoms. The first-order valence-corrected chi connectivity index (χ1v) is 9.71. The predicted octanol–water partition coefficient (Wildman–Crippen LogP) is 2.53. The van der Waals surface area contributed by atoms with E-state index in [1.165, 1.54) is 6.07 Å². The average molecular weight is 384 g/mol. The summed E-state index contributed by atoms with van der Waals surface area (Å²) in [6.45, 7) is 5.79. The molecule has 0 aliphatic carbocycles. The van der Waals surface area contributed by atoms with Crippen LogP contribution in [0.5, 0.6) is 0 Å². The first kappa shape index (κ1) is 18.6. The molecule has 3 heterocycles. The Kier molecular flexibility index (Phi) is 5.13. The Balaban J connectivity index is 1.65. The molecule has 1 aromatic carbocycles. The Morgan fingerprint density at radius 2 is 2.07 bits per heavy atom. The number of para-hydroxylation sites is 1. The van der Waals surface area contributed by atoms with Gasteiger partial charge >= 0.3 is 0 Å². The van der Waals surface area contributed by atoms with Crippen LogP contribution in [0.15, 0.2) is 24.3 Å². The number of nitro groups is 1. The number of aromatic nitrogens is 1. The molecule has 2 aliphatic heterocycles. The first-order valence-electron chi connectivity index (χ1n) is 9.71. The van der Waals surface area contributed by atoms with E-state index >= 15 is 0 Å². The number of hydrogen-bond acceptors (Lipinski definition) is 6. The first-order chi connectivity index (χ1) is 13.5. The fourth-order valence-corrected chi connectivity index (χ4v) is 4.19. The molecule has 8 nitrogen and oxygen atoms in total. The lowest BCUT2D eigenvalue weighted by Crippen LogP contribution is -2.48. The van der Waals surface area contributed by atoms with Crippen LogP contribution in [0.4, 0.5) is 11.4 Å². The Bertz CT molecular complexity index is 910. The van der Waals surface area contributed by atoms with Gasteiger partial charge in [-0.25, -0.2) is 4.98 Å². The summed E-state index contributed by atoms with van der Waals surface area (Å²) in [7, 11) is 0. The van der Waals surface area contributed by atoms with Crippen molar-refractivity contribution >= 4 is 28.2 Å². The number of anilines is 1. The van der Waals surface area contributed by atoms with Gasteiger partial charge in [0.2, 0.25) is 5.91 Å². The molecule has 1 amide bonds. The number of morpholine rings is 1. The lowest BCUT2D eigenvalue weighted by atomic mass is 9.95. The van der Waals surface area contributed by atoms with Crippen molar-refractivity contribution in [3.8, 4) is 0 Å². The third-order valence-corrected chi connectivity index (χ3v) is 5.56. The van der Waals surface area contributed by atoms with E-state index in [4.69, 9.17) is 4.74 Å². The van der Waals surface area contributed by atoms with Crippen molar-refractivity contribution in [1.29, 1.82) is 0 Å². The zero-order chi connectivity index (χ0) is 19.7. The highest BCUT2D eigenvalue weighted by Crippen LogP contribution is 2.34. The minimum absolute atomic E-state index is 0.0143. The van der Waals surface area contributed by atoms with Crippen LogP contribution in [0, 0.1) is 23.0 Å². The Morgan fingerprint density at radius 1 is 1.29 bits per heavy atom. The summed E-state index contributed by atoms with van der Waals surface area (Å²) in [5.74, 6) is 0.128. The van der Waals surface area contributed by atoms with Crippen LogP contribution in [0.1, 0.15) is 18.5 Å². The van der Waals surface area contributed by atoms with Crippen LogP contribution >= 0.6 is 0 Å². The summed E-state index contributed by atoms with van der Waals surface area (Å²) >= 11 is 0. The number of rotatable bonds is 3. The molecular weight excluding hydrogens is 360 g/mol. The number of hydrogen-bond donors (Lipinski definition) is 0. The predicted molar refractivity (Wildman–Crippen MR) is 105 cm³/mol. The third-order valence-electron chi connectivity index (χ3n) is 5.56. The van der Waals surface area contributed by atoms with Gasteiger partial charge in [0, 0.05) is 49.0 Å². The Morgan fingerprint density at radius 3 is 2.82 bits per heavy atom. The minimum atomic E-state index is -0.389. The zero-order valence-corrected chi connectivity index (χ0v) is 16.0. The van der Waals surface area contributed by atoms with Crippen LogP contribution in [0.2, 0.25) is 0 Å². The van der Waals surface area contributed by atoms with Gasteiger partial charge in [0.05, 0.1) is 24.1 Å². The van der Waals surface area contributed by atoms with Gasteiger partial charge in [0.15, 0.2) is 5.52 Å². The molecular formula is C20H24N4O4. The monoisotopic (exact) mass is 384 g/mol. The van der Waals surface area contributed by atoms with Gasteiger partial charge in [-0.05, 0) is 25.8 Å². The fraction of sp³-hybridized carbons (Fsp3) is 0.500. The molecule has 0 bridgehead atoms. The van der Waals surface area contributed by atoms with Crippen molar-refractivity contribution in [2.24, 2.45) is 5.92 Å². The molecule has 2 fully saturated rings. The van der Waals surface area contributed by atoms with Crippen molar-refractivity contribution < 1.29 is 14.5 Å². The maximum atomic E-state index is 12.9. The molecule has 0 saturated carbocycles. The number of ether oxygens (including phenoxy) is 1. The van der Waals surface area contributed by atoms with Crippen LogP contribution in [0.25, 0.3) is 10.9 Å². The van der Waals surface area contributed by atoms with Crippen molar-refractivity contribution in [1.82, 2.24) is 9.88 Å². The van der Waals surface area contributed by atoms with Gasteiger partial charge in [-0.15, -0.1) is 0 Å². The van der Waals surface area contributed by atoms with E-state index in [0.717, 1.165) is 36.2 Å². The Hall–Kier alpha value is -2.74. The number of aryl methyl sites for hydroxylation is 1. The molecule has 1 unspecified atom stereocenters. The van der Waals surface area contributed by atoms with E-state index in [1.54, 1.807) is 6.07 Å². The lowest BCUT2D eigenvalue weighted by Gasteiger charge is -2.37. The van der Waals surface area contributed by atoms with Crippen LogP contribution in [0.3, 0.4) is 0 Å². The SMILES string of the molecule is Cc1cc(N2CCCC(C(=O)N3CCOCC3)C2)c2cccc([N+](=O)[O-])c2n1. The van der Waals surface area contributed by atoms with Crippen molar-refractivity contribution in [3.63, 3.8) is 0 Å². The molecule has 28 heavy (non-hydrogen) atoms. The number of nitro benzene ring substituents is 1. The van der Waals surface area contributed by atoms with E-state index in [0.29, 0.717) is 38.4 Å². The van der Waals surface area contributed by atoms with Crippen molar-refractivity contribution in [3.05, 3.63) is 40.1 Å². The molecule has 2 saturated heterocycles. The van der Waals surface area contributed by atoms with E-state index in [2.05, 4.69) is 9.88 Å². The quantitative estimate of drug-likeness (QED) is 0.597. The Labute approximate surface area is 163 Å². The van der Waals surface area contributed by atoms with E-state index < -0.39 is 0 Å². The van der Waals surface area contributed by atoms with E-state index in [9.17, 15) is 14.9 Å². The number of piperidine rings is 1. The van der Waals surface area contributed by atoms with Gasteiger partial charge in [-0.3, -0.25) is 14.9 Å². The molecule has 1 atom stereocenters. The summed E-state index contributed by atoms with van der Waals surface area (Å²) in [5, 5.41) is 12.2. The molecule has 0 spiro atoms. The molecule has 1 aromatic heterocycles. The van der Waals surface area contributed by atoms with Gasteiger partial charge < -0.3 is 14.5 Å². The summed E-state index contributed by atoms with van der Waals surface area (Å²) in [4.78, 5) is 32.5. The summed E-state index contributed by atoms with van der Waals surface area (Å²) in [6.07, 6.45) is 1.79. The second-order valence-corrected chi connectivity index (χ2v) is 7.44. The van der Waals surface area contributed by atoms with Gasteiger partial charge in [-0.2, -0.15) is 0 Å². The maximum Gasteiger partial charge on any atom is 0.295 e. The number of nitrogens with zero attached hydrogens (tertiary/aromatic N) is 4. The molecule has 148 valence electrons. The van der Waals surface area contributed by atoms with Gasteiger partial charge in [0.25, 0.3) is 5.69 Å². The topological polar surface area (TPSA) is 88.8 Å².